The minimum Gasteiger partial charge on any atom is -0.465 e. The molecule has 1 aliphatic rings. The van der Waals surface area contributed by atoms with Crippen LogP contribution in [0.3, 0.4) is 0 Å². The number of rotatable bonds is 4. The minimum atomic E-state index is -0.337. The lowest BCUT2D eigenvalue weighted by atomic mass is 10.1. The van der Waals surface area contributed by atoms with Gasteiger partial charge in [0.05, 0.1) is 12.7 Å². The molecule has 1 heterocycles. The zero-order valence-electron chi connectivity index (χ0n) is 16.7. The van der Waals surface area contributed by atoms with Gasteiger partial charge in [0.15, 0.2) is 0 Å². The second-order valence-corrected chi connectivity index (χ2v) is 6.91. The van der Waals surface area contributed by atoms with Crippen LogP contribution in [0.25, 0.3) is 0 Å². The molecular formula is C22H27N3O3. The van der Waals surface area contributed by atoms with Crippen molar-refractivity contribution in [1.29, 1.82) is 0 Å². The van der Waals surface area contributed by atoms with Crippen LogP contribution in [0.15, 0.2) is 42.5 Å². The Morgan fingerprint density at radius 1 is 1.04 bits per heavy atom. The highest BCUT2D eigenvalue weighted by Crippen LogP contribution is 2.22. The molecule has 0 radical (unpaired) electrons. The molecule has 6 nitrogen and oxygen atoms in total. The fraction of sp³-hybridized carbons (Fsp3) is 0.364. The molecule has 0 aliphatic carbocycles. The molecule has 0 spiro atoms. The SMILES string of the molecule is CCc1cccc(C)c1NC(=O)N1CCN(c2ccc(C(=O)OC)cc2)CC1. The summed E-state index contributed by atoms with van der Waals surface area (Å²) in [5.74, 6) is -0.337. The molecule has 0 unspecified atom stereocenters. The number of methoxy groups -OCH3 is 1. The molecule has 3 rings (SSSR count). The van der Waals surface area contributed by atoms with Gasteiger partial charge in [0.25, 0.3) is 0 Å². The first-order valence-corrected chi connectivity index (χ1v) is 9.61. The lowest BCUT2D eigenvalue weighted by molar-refractivity contribution is 0.0600. The van der Waals surface area contributed by atoms with Crippen LogP contribution in [0.2, 0.25) is 0 Å². The largest absolute Gasteiger partial charge is 0.465 e. The molecule has 2 aromatic carbocycles. The molecule has 6 heteroatoms. The molecule has 1 aliphatic heterocycles. The van der Waals surface area contributed by atoms with Crippen LogP contribution in [0.4, 0.5) is 16.2 Å². The number of benzene rings is 2. The van der Waals surface area contributed by atoms with Gasteiger partial charge in [-0.2, -0.15) is 0 Å². The van der Waals surface area contributed by atoms with Crippen LogP contribution in [0.5, 0.6) is 0 Å². The summed E-state index contributed by atoms with van der Waals surface area (Å²) in [6.45, 7) is 6.91. The van der Waals surface area contributed by atoms with Gasteiger partial charge in [0.1, 0.15) is 0 Å². The van der Waals surface area contributed by atoms with Gasteiger partial charge in [0, 0.05) is 37.6 Å². The number of carbonyl (C=O) groups is 2. The van der Waals surface area contributed by atoms with E-state index in [9.17, 15) is 9.59 Å². The Hall–Kier alpha value is -3.02. The van der Waals surface area contributed by atoms with Gasteiger partial charge in [-0.1, -0.05) is 25.1 Å². The highest BCUT2D eigenvalue weighted by Gasteiger charge is 2.22. The van der Waals surface area contributed by atoms with E-state index >= 15 is 0 Å². The maximum atomic E-state index is 12.7. The Kier molecular flexibility index (Phi) is 6.19. The summed E-state index contributed by atoms with van der Waals surface area (Å²) >= 11 is 0. The zero-order chi connectivity index (χ0) is 20.1. The molecule has 0 aromatic heterocycles. The quantitative estimate of drug-likeness (QED) is 0.821. The Bertz CT molecular complexity index is 841. The van der Waals surface area contributed by atoms with Crippen LogP contribution >= 0.6 is 0 Å². The smallest absolute Gasteiger partial charge is 0.337 e. The first kappa shape index (κ1) is 19.7. The Balaban J connectivity index is 1.59. The van der Waals surface area contributed by atoms with Gasteiger partial charge in [-0.25, -0.2) is 9.59 Å². The van der Waals surface area contributed by atoms with Gasteiger partial charge in [0.2, 0.25) is 0 Å². The van der Waals surface area contributed by atoms with E-state index in [0.29, 0.717) is 18.7 Å². The lowest BCUT2D eigenvalue weighted by Crippen LogP contribution is -2.50. The van der Waals surface area contributed by atoms with E-state index in [1.165, 1.54) is 7.11 Å². The van der Waals surface area contributed by atoms with E-state index < -0.39 is 0 Å². The van der Waals surface area contributed by atoms with E-state index in [-0.39, 0.29) is 12.0 Å². The summed E-state index contributed by atoms with van der Waals surface area (Å²) in [7, 11) is 1.38. The monoisotopic (exact) mass is 381 g/mol. The Morgan fingerprint density at radius 3 is 2.32 bits per heavy atom. The van der Waals surface area contributed by atoms with Crippen LogP contribution in [0.1, 0.15) is 28.4 Å². The first-order valence-electron chi connectivity index (χ1n) is 9.61. The summed E-state index contributed by atoms with van der Waals surface area (Å²) < 4.78 is 4.73. The maximum absolute atomic E-state index is 12.7. The number of para-hydroxylation sites is 1. The van der Waals surface area contributed by atoms with Gasteiger partial charge in [-0.15, -0.1) is 0 Å². The number of anilines is 2. The Morgan fingerprint density at radius 2 is 1.71 bits per heavy atom. The summed E-state index contributed by atoms with van der Waals surface area (Å²) in [5.41, 5.74) is 4.74. The topological polar surface area (TPSA) is 61.9 Å². The average molecular weight is 381 g/mol. The number of nitrogens with one attached hydrogen (secondary N) is 1. The minimum absolute atomic E-state index is 0.0512. The van der Waals surface area contributed by atoms with Crippen molar-refractivity contribution in [3.63, 3.8) is 0 Å². The highest BCUT2D eigenvalue weighted by molar-refractivity contribution is 5.91. The van der Waals surface area contributed by atoms with Gasteiger partial charge in [-0.3, -0.25) is 0 Å². The molecule has 28 heavy (non-hydrogen) atoms. The summed E-state index contributed by atoms with van der Waals surface area (Å²) in [6, 6.07) is 13.4. The highest BCUT2D eigenvalue weighted by atomic mass is 16.5. The second-order valence-electron chi connectivity index (χ2n) is 6.91. The van der Waals surface area contributed by atoms with Crippen molar-refractivity contribution in [3.8, 4) is 0 Å². The van der Waals surface area contributed by atoms with Crippen molar-refractivity contribution in [2.24, 2.45) is 0 Å². The number of nitrogens with zero attached hydrogens (tertiary/aromatic N) is 2. The van der Waals surface area contributed by atoms with E-state index in [2.05, 4.69) is 23.2 Å². The zero-order valence-corrected chi connectivity index (χ0v) is 16.7. The standard InChI is InChI=1S/C22H27N3O3/c1-4-17-7-5-6-16(2)20(17)23-22(27)25-14-12-24(13-15-25)19-10-8-18(9-11-19)21(26)28-3/h5-11H,4,12-15H2,1-3H3,(H,23,27). The van der Waals surface area contributed by atoms with E-state index in [0.717, 1.165) is 42.0 Å². The summed E-state index contributed by atoms with van der Waals surface area (Å²) in [5, 5.41) is 3.10. The first-order chi connectivity index (χ1) is 13.5. The van der Waals surface area contributed by atoms with Crippen LogP contribution in [0, 0.1) is 6.92 Å². The molecular weight excluding hydrogens is 354 g/mol. The molecule has 148 valence electrons. The third-order valence-corrected chi connectivity index (χ3v) is 5.19. The van der Waals surface area contributed by atoms with Crippen molar-refractivity contribution in [1.82, 2.24) is 4.90 Å². The number of amides is 2. The Labute approximate surface area is 166 Å². The lowest BCUT2D eigenvalue weighted by Gasteiger charge is -2.36. The number of esters is 1. The van der Waals surface area contributed by atoms with Gasteiger partial charge >= 0.3 is 12.0 Å². The maximum Gasteiger partial charge on any atom is 0.337 e. The van der Waals surface area contributed by atoms with Crippen LogP contribution in [-0.4, -0.2) is 50.2 Å². The van der Waals surface area contributed by atoms with Crippen LogP contribution in [-0.2, 0) is 11.2 Å². The van der Waals surface area contributed by atoms with E-state index in [4.69, 9.17) is 4.74 Å². The predicted octanol–water partition coefficient (Wildman–Crippen LogP) is 3.70. The molecule has 1 saturated heterocycles. The fourth-order valence-electron chi connectivity index (χ4n) is 3.48. The van der Waals surface area contributed by atoms with Crippen molar-refractivity contribution < 1.29 is 14.3 Å². The van der Waals surface area contributed by atoms with E-state index in [1.807, 2.05) is 36.1 Å². The molecule has 0 atom stereocenters. The van der Waals surface area contributed by atoms with Gasteiger partial charge < -0.3 is 19.9 Å². The van der Waals surface area contributed by atoms with Crippen molar-refractivity contribution in [3.05, 3.63) is 59.2 Å². The van der Waals surface area contributed by atoms with Crippen molar-refractivity contribution in [2.75, 3.05) is 43.5 Å². The van der Waals surface area contributed by atoms with E-state index in [1.54, 1.807) is 12.1 Å². The molecule has 2 aromatic rings. The average Bonchev–Trinajstić information content (AvgIpc) is 2.74. The van der Waals surface area contributed by atoms with Crippen LogP contribution < -0.4 is 10.2 Å². The number of ether oxygens (including phenoxy) is 1. The predicted molar refractivity (Wildman–Crippen MR) is 111 cm³/mol. The summed E-state index contributed by atoms with van der Waals surface area (Å²) in [4.78, 5) is 28.4. The third-order valence-electron chi connectivity index (χ3n) is 5.19. The van der Waals surface area contributed by atoms with Gasteiger partial charge in [-0.05, 0) is 48.7 Å². The van der Waals surface area contributed by atoms with Crippen molar-refractivity contribution >= 4 is 23.4 Å². The molecule has 0 bridgehead atoms. The number of aryl methyl sites for hydroxylation is 2. The number of urea groups is 1. The molecule has 0 saturated carbocycles. The fourth-order valence-corrected chi connectivity index (χ4v) is 3.48. The van der Waals surface area contributed by atoms with Crippen molar-refractivity contribution in [2.45, 2.75) is 20.3 Å². The second kappa shape index (κ2) is 8.78. The normalized spacial score (nSPS) is 14.0. The number of carbonyl (C=O) groups excluding carboxylic acids is 2. The molecule has 2 amide bonds. The molecule has 1 N–H and O–H groups in total. The number of piperazine rings is 1. The molecule has 1 fully saturated rings. The third kappa shape index (κ3) is 4.27. The summed E-state index contributed by atoms with van der Waals surface area (Å²) in [6.07, 6.45) is 0.882. The number of hydrogen-bond acceptors (Lipinski definition) is 4. The number of hydrogen-bond donors (Lipinski definition) is 1.